The molecule has 8 heteroatoms. The Morgan fingerprint density at radius 3 is 2.58 bits per heavy atom. The lowest BCUT2D eigenvalue weighted by atomic mass is 9.92. The van der Waals surface area contributed by atoms with Gasteiger partial charge in [0.05, 0.1) is 19.2 Å². The zero-order chi connectivity index (χ0) is 22.1. The van der Waals surface area contributed by atoms with E-state index >= 15 is 0 Å². The highest BCUT2D eigenvalue weighted by atomic mass is 32.1. The third-order valence-corrected chi connectivity index (χ3v) is 6.72. The van der Waals surface area contributed by atoms with E-state index in [-0.39, 0.29) is 24.6 Å². The monoisotopic (exact) mass is 441 g/mol. The van der Waals surface area contributed by atoms with Crippen LogP contribution in [0, 0.1) is 11.8 Å². The molecule has 1 aromatic carbocycles. The summed E-state index contributed by atoms with van der Waals surface area (Å²) in [6.45, 7) is 5.75. The average molecular weight is 442 g/mol. The molecular weight excluding hydrogens is 414 g/mol. The molecular formula is C23H27N3O4S. The lowest BCUT2D eigenvalue weighted by Crippen LogP contribution is -2.47. The molecule has 31 heavy (non-hydrogen) atoms. The number of piperidine rings is 1. The molecule has 1 fully saturated rings. The first-order valence-corrected chi connectivity index (χ1v) is 11.4. The van der Waals surface area contributed by atoms with Crippen molar-refractivity contribution in [3.8, 4) is 5.75 Å². The van der Waals surface area contributed by atoms with E-state index in [1.54, 1.807) is 24.6 Å². The minimum Gasteiger partial charge on any atom is -0.497 e. The van der Waals surface area contributed by atoms with E-state index < -0.39 is 5.69 Å². The number of rotatable bonds is 5. The minimum atomic E-state index is -0.467. The topological polar surface area (TPSA) is 73.5 Å². The van der Waals surface area contributed by atoms with Gasteiger partial charge in [-0.15, -0.1) is 11.3 Å². The van der Waals surface area contributed by atoms with E-state index in [1.165, 1.54) is 20.5 Å². The lowest BCUT2D eigenvalue weighted by Gasteiger charge is -2.35. The van der Waals surface area contributed by atoms with Crippen molar-refractivity contribution in [1.82, 2.24) is 14.0 Å². The van der Waals surface area contributed by atoms with E-state index in [1.807, 2.05) is 23.1 Å². The Labute approximate surface area is 184 Å². The van der Waals surface area contributed by atoms with E-state index in [0.29, 0.717) is 40.9 Å². The van der Waals surface area contributed by atoms with Gasteiger partial charge in [0.1, 0.15) is 17.0 Å². The van der Waals surface area contributed by atoms with E-state index in [4.69, 9.17) is 4.74 Å². The van der Waals surface area contributed by atoms with Crippen LogP contribution in [0.2, 0.25) is 0 Å². The SMILES string of the molecule is COc1cccc(Cn2c(=O)c3sccc3n(CC(=O)N3C[C@H](C)C[C@@H](C)C3)c2=O)c1. The Kier molecular flexibility index (Phi) is 6.00. The predicted molar refractivity (Wildman–Crippen MR) is 122 cm³/mol. The van der Waals surface area contributed by atoms with Gasteiger partial charge in [-0.2, -0.15) is 0 Å². The molecule has 0 bridgehead atoms. The molecule has 4 rings (SSSR count). The first-order chi connectivity index (χ1) is 14.9. The van der Waals surface area contributed by atoms with Gasteiger partial charge < -0.3 is 9.64 Å². The van der Waals surface area contributed by atoms with E-state index in [9.17, 15) is 14.4 Å². The van der Waals surface area contributed by atoms with Gasteiger partial charge in [0, 0.05) is 13.1 Å². The average Bonchev–Trinajstić information content (AvgIpc) is 3.23. The highest BCUT2D eigenvalue weighted by Gasteiger charge is 2.26. The Balaban J connectivity index is 1.72. The maximum absolute atomic E-state index is 13.3. The van der Waals surface area contributed by atoms with Crippen LogP contribution in [0.25, 0.3) is 10.2 Å². The first kappa shape index (κ1) is 21.4. The van der Waals surface area contributed by atoms with Crippen molar-refractivity contribution in [3.63, 3.8) is 0 Å². The molecule has 1 saturated heterocycles. The summed E-state index contributed by atoms with van der Waals surface area (Å²) in [5.41, 5.74) is 0.506. The molecule has 0 spiro atoms. The summed E-state index contributed by atoms with van der Waals surface area (Å²) < 4.78 is 8.39. The van der Waals surface area contributed by atoms with Gasteiger partial charge in [0.25, 0.3) is 5.56 Å². The van der Waals surface area contributed by atoms with Gasteiger partial charge in [-0.25, -0.2) is 4.79 Å². The molecule has 1 amide bonds. The lowest BCUT2D eigenvalue weighted by molar-refractivity contribution is -0.134. The number of aromatic nitrogens is 2. The van der Waals surface area contributed by atoms with Gasteiger partial charge in [-0.05, 0) is 47.4 Å². The van der Waals surface area contributed by atoms with Crippen molar-refractivity contribution in [1.29, 1.82) is 0 Å². The van der Waals surface area contributed by atoms with Crippen LogP contribution in [0.4, 0.5) is 0 Å². The molecule has 3 aromatic rings. The first-order valence-electron chi connectivity index (χ1n) is 10.5. The number of nitrogens with zero attached hydrogens (tertiary/aromatic N) is 3. The van der Waals surface area contributed by atoms with Crippen molar-refractivity contribution in [2.24, 2.45) is 11.8 Å². The summed E-state index contributed by atoms with van der Waals surface area (Å²) in [5.74, 6) is 1.45. The summed E-state index contributed by atoms with van der Waals surface area (Å²) in [6.07, 6.45) is 1.10. The molecule has 1 aliphatic heterocycles. The number of amides is 1. The molecule has 164 valence electrons. The molecule has 0 saturated carbocycles. The van der Waals surface area contributed by atoms with E-state index in [0.717, 1.165) is 12.0 Å². The van der Waals surface area contributed by atoms with Crippen LogP contribution in [0.1, 0.15) is 25.8 Å². The van der Waals surface area contributed by atoms with Crippen LogP contribution < -0.4 is 16.0 Å². The molecule has 2 aromatic heterocycles. The number of hydrogen-bond acceptors (Lipinski definition) is 5. The zero-order valence-electron chi connectivity index (χ0n) is 18.0. The number of thiophene rings is 1. The zero-order valence-corrected chi connectivity index (χ0v) is 18.9. The van der Waals surface area contributed by atoms with Crippen molar-refractivity contribution in [2.75, 3.05) is 20.2 Å². The molecule has 1 aliphatic rings. The highest BCUT2D eigenvalue weighted by molar-refractivity contribution is 7.17. The molecule has 0 unspecified atom stereocenters. The highest BCUT2D eigenvalue weighted by Crippen LogP contribution is 2.22. The third kappa shape index (κ3) is 4.30. The normalized spacial score (nSPS) is 19.0. The van der Waals surface area contributed by atoms with Crippen LogP contribution >= 0.6 is 11.3 Å². The number of ether oxygens (including phenoxy) is 1. The Morgan fingerprint density at radius 1 is 1.13 bits per heavy atom. The molecule has 0 radical (unpaired) electrons. The fourth-order valence-corrected chi connectivity index (χ4v) is 5.32. The largest absolute Gasteiger partial charge is 0.497 e. The summed E-state index contributed by atoms with van der Waals surface area (Å²) >= 11 is 1.29. The van der Waals surface area contributed by atoms with Crippen molar-refractivity contribution >= 4 is 27.5 Å². The number of carbonyl (C=O) groups is 1. The summed E-state index contributed by atoms with van der Waals surface area (Å²) in [4.78, 5) is 41.3. The number of hydrogen-bond donors (Lipinski definition) is 0. The van der Waals surface area contributed by atoms with Gasteiger partial charge >= 0.3 is 5.69 Å². The Hall–Kier alpha value is -2.87. The quantitative estimate of drug-likeness (QED) is 0.610. The van der Waals surface area contributed by atoms with Crippen LogP contribution in [-0.2, 0) is 17.9 Å². The minimum absolute atomic E-state index is 0.0656. The maximum Gasteiger partial charge on any atom is 0.332 e. The van der Waals surface area contributed by atoms with E-state index in [2.05, 4.69) is 13.8 Å². The molecule has 3 heterocycles. The summed E-state index contributed by atoms with van der Waals surface area (Å²) in [5, 5.41) is 1.79. The molecule has 0 aliphatic carbocycles. The van der Waals surface area contributed by atoms with Crippen molar-refractivity contribution in [2.45, 2.75) is 33.4 Å². The third-order valence-electron chi connectivity index (χ3n) is 5.83. The van der Waals surface area contributed by atoms with Crippen molar-refractivity contribution < 1.29 is 9.53 Å². The smallest absolute Gasteiger partial charge is 0.332 e. The number of likely N-dealkylation sites (tertiary alicyclic amines) is 1. The second kappa shape index (κ2) is 8.70. The van der Waals surface area contributed by atoms with Crippen LogP contribution in [-0.4, -0.2) is 40.1 Å². The van der Waals surface area contributed by atoms with Gasteiger partial charge in [0.15, 0.2) is 0 Å². The van der Waals surface area contributed by atoms with Crippen LogP contribution in [0.5, 0.6) is 5.75 Å². The van der Waals surface area contributed by atoms with Gasteiger partial charge in [-0.3, -0.25) is 18.7 Å². The van der Waals surface area contributed by atoms with Crippen LogP contribution in [0.3, 0.4) is 0 Å². The predicted octanol–water partition coefficient (Wildman–Crippen LogP) is 2.79. The fourth-order valence-electron chi connectivity index (χ4n) is 4.48. The number of methoxy groups -OCH3 is 1. The molecule has 0 N–H and O–H groups in total. The number of benzene rings is 1. The second-order valence-electron chi connectivity index (χ2n) is 8.49. The van der Waals surface area contributed by atoms with Gasteiger partial charge in [0.2, 0.25) is 5.91 Å². The van der Waals surface area contributed by atoms with Gasteiger partial charge in [-0.1, -0.05) is 26.0 Å². The fraction of sp³-hybridized carbons (Fsp3) is 0.435. The van der Waals surface area contributed by atoms with Crippen LogP contribution in [0.15, 0.2) is 45.3 Å². The van der Waals surface area contributed by atoms with Crippen molar-refractivity contribution in [3.05, 3.63) is 62.1 Å². The Bertz CT molecular complexity index is 1220. The number of carbonyl (C=O) groups excluding carboxylic acids is 1. The number of fused-ring (bicyclic) bond motifs is 1. The molecule has 7 nitrogen and oxygen atoms in total. The molecule has 2 atom stereocenters. The maximum atomic E-state index is 13.3. The Morgan fingerprint density at radius 2 is 1.87 bits per heavy atom. The second-order valence-corrected chi connectivity index (χ2v) is 9.41. The summed E-state index contributed by atoms with van der Waals surface area (Å²) in [7, 11) is 1.57. The summed E-state index contributed by atoms with van der Waals surface area (Å²) in [6, 6.07) is 9.03. The standard InChI is InChI=1S/C23H27N3O4S/c1-15-9-16(2)12-24(11-15)20(27)14-25-19-7-8-31-21(19)22(28)26(23(25)29)13-17-5-4-6-18(10-17)30-3/h4-8,10,15-16H,9,11-14H2,1-3H3/t15-,16-/m1/s1.